The Morgan fingerprint density at radius 3 is 2.67 bits per heavy atom. The maximum Gasteiger partial charge on any atom is 0.0510 e. The summed E-state index contributed by atoms with van der Waals surface area (Å²) in [6, 6.07) is 0.615. The maximum absolute atomic E-state index is 5.54. The zero-order valence-electron chi connectivity index (χ0n) is 12.2. The standard InChI is InChI=1S/C15H30N2O/c1-3-16-15(14-8-9-18-12-14)11-17(2)10-13-6-4-5-7-13/h13-16H,3-12H2,1-2H3. The van der Waals surface area contributed by atoms with Crippen molar-refractivity contribution in [3.05, 3.63) is 0 Å². The first-order valence-electron chi connectivity index (χ1n) is 7.79. The number of hydrogen-bond acceptors (Lipinski definition) is 3. The second kappa shape index (κ2) is 7.46. The first-order valence-corrected chi connectivity index (χ1v) is 7.79. The summed E-state index contributed by atoms with van der Waals surface area (Å²) in [6.07, 6.45) is 7.03. The van der Waals surface area contributed by atoms with E-state index in [1.54, 1.807) is 0 Å². The summed E-state index contributed by atoms with van der Waals surface area (Å²) in [5, 5.41) is 3.66. The lowest BCUT2D eigenvalue weighted by atomic mass is 9.98. The number of hydrogen-bond donors (Lipinski definition) is 1. The molecule has 0 aromatic carbocycles. The van der Waals surface area contributed by atoms with E-state index in [0.717, 1.165) is 31.6 Å². The minimum Gasteiger partial charge on any atom is -0.381 e. The fraction of sp³-hybridized carbons (Fsp3) is 1.00. The minimum absolute atomic E-state index is 0.615. The van der Waals surface area contributed by atoms with E-state index in [-0.39, 0.29) is 0 Å². The van der Waals surface area contributed by atoms with Crippen LogP contribution in [0.4, 0.5) is 0 Å². The van der Waals surface area contributed by atoms with Gasteiger partial charge in [-0.05, 0) is 38.8 Å². The van der Waals surface area contributed by atoms with E-state index in [1.165, 1.54) is 45.2 Å². The molecule has 1 aliphatic carbocycles. The van der Waals surface area contributed by atoms with Crippen molar-refractivity contribution in [3.8, 4) is 0 Å². The van der Waals surface area contributed by atoms with Crippen LogP contribution in [0.3, 0.4) is 0 Å². The van der Waals surface area contributed by atoms with Crippen molar-refractivity contribution in [1.82, 2.24) is 10.2 Å². The Morgan fingerprint density at radius 1 is 1.28 bits per heavy atom. The molecule has 0 spiro atoms. The Kier molecular flexibility index (Phi) is 5.93. The number of ether oxygens (including phenoxy) is 1. The van der Waals surface area contributed by atoms with Gasteiger partial charge in [-0.25, -0.2) is 0 Å². The summed E-state index contributed by atoms with van der Waals surface area (Å²) in [4.78, 5) is 2.54. The molecule has 106 valence electrons. The molecule has 0 amide bonds. The lowest BCUT2D eigenvalue weighted by molar-refractivity contribution is 0.163. The Labute approximate surface area is 112 Å². The highest BCUT2D eigenvalue weighted by atomic mass is 16.5. The predicted molar refractivity (Wildman–Crippen MR) is 75.8 cm³/mol. The van der Waals surface area contributed by atoms with Gasteiger partial charge in [-0.3, -0.25) is 0 Å². The first kappa shape index (κ1) is 14.3. The lowest BCUT2D eigenvalue weighted by Crippen LogP contribution is -2.45. The van der Waals surface area contributed by atoms with Gasteiger partial charge in [0.15, 0.2) is 0 Å². The molecular weight excluding hydrogens is 224 g/mol. The number of nitrogens with one attached hydrogen (secondary N) is 1. The van der Waals surface area contributed by atoms with Crippen LogP contribution in [0.15, 0.2) is 0 Å². The monoisotopic (exact) mass is 254 g/mol. The number of nitrogens with zero attached hydrogens (tertiary/aromatic N) is 1. The Morgan fingerprint density at radius 2 is 2.06 bits per heavy atom. The second-order valence-electron chi connectivity index (χ2n) is 6.16. The molecule has 3 nitrogen and oxygen atoms in total. The minimum atomic E-state index is 0.615. The van der Waals surface area contributed by atoms with Gasteiger partial charge in [0.25, 0.3) is 0 Å². The van der Waals surface area contributed by atoms with Gasteiger partial charge in [0.1, 0.15) is 0 Å². The molecule has 1 saturated heterocycles. The molecule has 2 rings (SSSR count). The molecule has 0 aromatic heterocycles. The van der Waals surface area contributed by atoms with Crippen molar-refractivity contribution < 1.29 is 4.74 Å². The smallest absolute Gasteiger partial charge is 0.0510 e. The van der Waals surface area contributed by atoms with Crippen molar-refractivity contribution >= 4 is 0 Å². The number of rotatable bonds is 7. The molecule has 3 heteroatoms. The summed E-state index contributed by atoms with van der Waals surface area (Å²) in [5.74, 6) is 1.67. The van der Waals surface area contributed by atoms with Crippen LogP contribution in [-0.2, 0) is 4.74 Å². The molecule has 0 bridgehead atoms. The van der Waals surface area contributed by atoms with Crippen molar-refractivity contribution in [3.63, 3.8) is 0 Å². The Bertz CT molecular complexity index is 223. The Balaban J connectivity index is 1.75. The van der Waals surface area contributed by atoms with E-state index in [2.05, 4.69) is 24.2 Å². The summed E-state index contributed by atoms with van der Waals surface area (Å²) in [7, 11) is 2.29. The van der Waals surface area contributed by atoms with Crippen molar-refractivity contribution in [1.29, 1.82) is 0 Å². The molecule has 0 radical (unpaired) electrons. The van der Waals surface area contributed by atoms with Crippen LogP contribution < -0.4 is 5.32 Å². The van der Waals surface area contributed by atoms with Crippen LogP contribution in [0.5, 0.6) is 0 Å². The van der Waals surface area contributed by atoms with E-state index in [1.807, 2.05) is 0 Å². The van der Waals surface area contributed by atoms with Crippen LogP contribution in [0, 0.1) is 11.8 Å². The Hall–Kier alpha value is -0.120. The fourth-order valence-corrected chi connectivity index (χ4v) is 3.56. The molecule has 2 fully saturated rings. The van der Waals surface area contributed by atoms with Crippen molar-refractivity contribution in [2.75, 3.05) is 39.9 Å². The summed E-state index contributed by atoms with van der Waals surface area (Å²) in [6.45, 7) is 7.65. The highest BCUT2D eigenvalue weighted by Crippen LogP contribution is 2.25. The summed E-state index contributed by atoms with van der Waals surface area (Å²) < 4.78 is 5.54. The zero-order chi connectivity index (χ0) is 12.8. The van der Waals surface area contributed by atoms with Gasteiger partial charge in [-0.2, -0.15) is 0 Å². The van der Waals surface area contributed by atoms with Crippen LogP contribution in [-0.4, -0.2) is 50.8 Å². The van der Waals surface area contributed by atoms with E-state index in [4.69, 9.17) is 4.74 Å². The molecule has 1 aliphatic heterocycles. The van der Waals surface area contributed by atoms with Crippen molar-refractivity contribution in [2.24, 2.45) is 11.8 Å². The van der Waals surface area contributed by atoms with Gasteiger partial charge < -0.3 is 15.0 Å². The van der Waals surface area contributed by atoms with E-state index < -0.39 is 0 Å². The highest BCUT2D eigenvalue weighted by molar-refractivity contribution is 4.82. The van der Waals surface area contributed by atoms with Gasteiger partial charge in [-0.1, -0.05) is 19.8 Å². The molecule has 18 heavy (non-hydrogen) atoms. The first-order chi connectivity index (χ1) is 8.79. The van der Waals surface area contributed by atoms with Crippen LogP contribution in [0.1, 0.15) is 39.0 Å². The molecule has 1 heterocycles. The quantitative estimate of drug-likeness (QED) is 0.753. The van der Waals surface area contributed by atoms with Crippen molar-refractivity contribution in [2.45, 2.75) is 45.1 Å². The average Bonchev–Trinajstić information content (AvgIpc) is 3.00. The predicted octanol–water partition coefficient (Wildman–Crippen LogP) is 2.12. The average molecular weight is 254 g/mol. The molecule has 2 aliphatic rings. The van der Waals surface area contributed by atoms with Crippen LogP contribution in [0.2, 0.25) is 0 Å². The molecule has 1 saturated carbocycles. The third kappa shape index (κ3) is 4.22. The largest absolute Gasteiger partial charge is 0.381 e. The molecular formula is C15H30N2O. The fourth-order valence-electron chi connectivity index (χ4n) is 3.56. The van der Waals surface area contributed by atoms with Gasteiger partial charge in [0.2, 0.25) is 0 Å². The van der Waals surface area contributed by atoms with Crippen LogP contribution >= 0.6 is 0 Å². The zero-order valence-corrected chi connectivity index (χ0v) is 12.2. The third-order valence-electron chi connectivity index (χ3n) is 4.55. The van der Waals surface area contributed by atoms with E-state index in [0.29, 0.717) is 6.04 Å². The van der Waals surface area contributed by atoms with E-state index in [9.17, 15) is 0 Å². The summed E-state index contributed by atoms with van der Waals surface area (Å²) >= 11 is 0. The normalized spacial score (nSPS) is 27.2. The highest BCUT2D eigenvalue weighted by Gasteiger charge is 2.26. The molecule has 1 N–H and O–H groups in total. The lowest BCUT2D eigenvalue weighted by Gasteiger charge is -2.29. The van der Waals surface area contributed by atoms with Gasteiger partial charge in [0, 0.05) is 31.7 Å². The van der Waals surface area contributed by atoms with Gasteiger partial charge in [0.05, 0.1) is 6.61 Å². The van der Waals surface area contributed by atoms with Crippen LogP contribution in [0.25, 0.3) is 0 Å². The molecule has 2 unspecified atom stereocenters. The number of likely N-dealkylation sites (N-methyl/N-ethyl adjacent to an activating group) is 2. The summed E-state index contributed by atoms with van der Waals surface area (Å²) in [5.41, 5.74) is 0. The second-order valence-corrected chi connectivity index (χ2v) is 6.16. The molecule has 2 atom stereocenters. The van der Waals surface area contributed by atoms with Gasteiger partial charge >= 0.3 is 0 Å². The molecule has 0 aromatic rings. The maximum atomic E-state index is 5.54. The van der Waals surface area contributed by atoms with Gasteiger partial charge in [-0.15, -0.1) is 0 Å². The SMILES string of the molecule is CCNC(CN(C)CC1CCCC1)C1CCOC1. The third-order valence-corrected chi connectivity index (χ3v) is 4.55. The van der Waals surface area contributed by atoms with E-state index >= 15 is 0 Å². The topological polar surface area (TPSA) is 24.5 Å².